The normalized spacial score (nSPS) is 16.8. The van der Waals surface area contributed by atoms with Gasteiger partial charge in [-0.1, -0.05) is 130 Å². The summed E-state index contributed by atoms with van der Waals surface area (Å²) in [5.41, 5.74) is 0. The van der Waals surface area contributed by atoms with E-state index in [0.717, 1.165) is 109 Å². The first-order chi connectivity index (χ1) is 31.0. The number of hydrogen-bond acceptors (Lipinski definition) is 12. The van der Waals surface area contributed by atoms with Crippen LogP contribution in [0.3, 0.4) is 0 Å². The van der Waals surface area contributed by atoms with Crippen molar-refractivity contribution in [3.8, 4) is 0 Å². The van der Waals surface area contributed by atoms with Crippen LogP contribution >= 0.6 is 0 Å². The lowest BCUT2D eigenvalue weighted by Crippen LogP contribution is -2.39. The lowest BCUT2D eigenvalue weighted by atomic mass is 9.82. The number of hydrogen-bond donors (Lipinski definition) is 0. The van der Waals surface area contributed by atoms with Crippen LogP contribution in [0, 0.1) is 11.8 Å². The van der Waals surface area contributed by atoms with E-state index in [1.165, 1.54) is 46.3 Å². The van der Waals surface area contributed by atoms with Crippen LogP contribution in [-0.2, 0) is 57.2 Å². The summed E-state index contributed by atoms with van der Waals surface area (Å²) in [5, 5.41) is 0. The minimum atomic E-state index is -0.554. The summed E-state index contributed by atoms with van der Waals surface area (Å²) in [4.78, 5) is 76.1. The fourth-order valence-corrected chi connectivity index (χ4v) is 8.59. The Labute approximate surface area is 388 Å². The zero-order valence-corrected chi connectivity index (χ0v) is 41.4. The van der Waals surface area contributed by atoms with Crippen LogP contribution in [0.25, 0.3) is 0 Å². The molecule has 0 amide bonds. The molecule has 0 heterocycles. The highest BCUT2D eigenvalue weighted by Gasteiger charge is 2.37. The Bertz CT molecular complexity index is 1240. The van der Waals surface area contributed by atoms with Gasteiger partial charge in [-0.3, -0.25) is 28.8 Å². The zero-order valence-electron chi connectivity index (χ0n) is 41.4. The summed E-state index contributed by atoms with van der Waals surface area (Å²) in [7, 11) is 2.80. The van der Waals surface area contributed by atoms with Crippen LogP contribution in [0.5, 0.6) is 0 Å². The van der Waals surface area contributed by atoms with Crippen LogP contribution in [0.2, 0.25) is 0 Å². The molecule has 1 fully saturated rings. The summed E-state index contributed by atoms with van der Waals surface area (Å²) >= 11 is 0. The monoisotopic (exact) mass is 909 g/mol. The summed E-state index contributed by atoms with van der Waals surface area (Å²) in [6.45, 7) is 7.93. The smallest absolute Gasteiger partial charge is 0.309 e. The van der Waals surface area contributed by atoms with Crippen LogP contribution in [0.1, 0.15) is 246 Å². The van der Waals surface area contributed by atoms with Gasteiger partial charge in [-0.2, -0.15) is 0 Å². The van der Waals surface area contributed by atoms with Crippen LogP contribution in [-0.4, -0.2) is 74.5 Å². The van der Waals surface area contributed by atoms with E-state index in [1.54, 1.807) is 13.8 Å². The second kappa shape index (κ2) is 39.0. The van der Waals surface area contributed by atoms with Gasteiger partial charge in [0.1, 0.15) is 24.4 Å². The first-order valence-corrected chi connectivity index (χ1v) is 26.0. The van der Waals surface area contributed by atoms with E-state index in [9.17, 15) is 28.8 Å². The molecule has 0 spiro atoms. The second-order valence-corrected chi connectivity index (χ2v) is 18.1. The van der Waals surface area contributed by atoms with Crippen molar-refractivity contribution < 1.29 is 57.2 Å². The van der Waals surface area contributed by atoms with E-state index in [1.807, 2.05) is 0 Å². The van der Waals surface area contributed by atoms with Gasteiger partial charge in [-0.05, 0) is 89.9 Å². The molecule has 0 aromatic carbocycles. The largest absolute Gasteiger partial charge is 0.469 e. The van der Waals surface area contributed by atoms with Crippen molar-refractivity contribution in [1.29, 1.82) is 0 Å². The van der Waals surface area contributed by atoms with Crippen molar-refractivity contribution in [2.24, 2.45) is 11.8 Å². The Balaban J connectivity index is 3.02. The molecule has 1 aliphatic rings. The average Bonchev–Trinajstić information content (AvgIpc) is 3.30. The van der Waals surface area contributed by atoms with E-state index in [0.29, 0.717) is 64.2 Å². The maximum Gasteiger partial charge on any atom is 0.309 e. The SMILES string of the molecule is CCCCCCCCC(OC(=O)CC)C(CCCCCCCC(=O)OC)OC(=O)C1CCC(C(=O)OC(CCCCCCCC)C(CCCCCCCC(=O)OC)OC(=O)CC)CC1. The molecule has 0 aromatic rings. The van der Waals surface area contributed by atoms with E-state index in [2.05, 4.69) is 13.8 Å². The number of methoxy groups -OCH3 is 2. The summed E-state index contributed by atoms with van der Waals surface area (Å²) in [6.07, 6.45) is 25.4. The van der Waals surface area contributed by atoms with Gasteiger partial charge in [-0.15, -0.1) is 0 Å². The highest BCUT2D eigenvalue weighted by molar-refractivity contribution is 5.76. The molecule has 4 unspecified atom stereocenters. The van der Waals surface area contributed by atoms with Gasteiger partial charge >= 0.3 is 35.8 Å². The number of carbonyl (C=O) groups excluding carboxylic acids is 6. The molecule has 0 aromatic heterocycles. The van der Waals surface area contributed by atoms with Crippen LogP contribution in [0.4, 0.5) is 0 Å². The quantitative estimate of drug-likeness (QED) is 0.0326. The minimum absolute atomic E-state index is 0.198. The molecular weight excluding hydrogens is 817 g/mol. The Hall–Kier alpha value is -3.18. The average molecular weight is 909 g/mol. The number of unbranched alkanes of at least 4 members (excludes halogenated alkanes) is 18. The Kier molecular flexibility index (Phi) is 35.9. The predicted octanol–water partition coefficient (Wildman–Crippen LogP) is 12.6. The fraction of sp³-hybridized carbons (Fsp3) is 0.885. The number of esters is 6. The number of rotatable bonds is 40. The molecular formula is C52H92O12. The van der Waals surface area contributed by atoms with Crippen molar-refractivity contribution in [1.82, 2.24) is 0 Å². The number of carbonyl (C=O) groups is 6. The summed E-state index contributed by atoms with van der Waals surface area (Å²) in [6, 6.07) is 0. The Morgan fingerprint density at radius 2 is 0.625 bits per heavy atom. The molecule has 1 saturated carbocycles. The van der Waals surface area contributed by atoms with Crippen molar-refractivity contribution >= 4 is 35.8 Å². The molecule has 12 nitrogen and oxygen atoms in total. The predicted molar refractivity (Wildman–Crippen MR) is 250 cm³/mol. The van der Waals surface area contributed by atoms with Gasteiger partial charge in [0.2, 0.25) is 0 Å². The van der Waals surface area contributed by atoms with E-state index < -0.39 is 24.4 Å². The Morgan fingerprint density at radius 3 is 0.906 bits per heavy atom. The number of ether oxygens (including phenoxy) is 6. The minimum Gasteiger partial charge on any atom is -0.469 e. The highest BCUT2D eigenvalue weighted by atomic mass is 16.6. The molecule has 1 aliphatic carbocycles. The highest BCUT2D eigenvalue weighted by Crippen LogP contribution is 2.33. The van der Waals surface area contributed by atoms with Gasteiger partial charge in [0.25, 0.3) is 0 Å². The summed E-state index contributed by atoms with van der Waals surface area (Å²) in [5.74, 6) is -2.33. The molecule has 64 heavy (non-hydrogen) atoms. The fourth-order valence-electron chi connectivity index (χ4n) is 8.59. The first-order valence-electron chi connectivity index (χ1n) is 26.0. The third-order valence-corrected chi connectivity index (χ3v) is 12.8. The van der Waals surface area contributed by atoms with Gasteiger partial charge in [0.05, 0.1) is 26.1 Å². The molecule has 372 valence electrons. The zero-order chi connectivity index (χ0) is 47.2. The maximum absolute atomic E-state index is 13.9. The van der Waals surface area contributed by atoms with E-state index >= 15 is 0 Å². The van der Waals surface area contributed by atoms with E-state index in [4.69, 9.17) is 28.4 Å². The van der Waals surface area contributed by atoms with Crippen molar-refractivity contribution in [3.63, 3.8) is 0 Å². The third kappa shape index (κ3) is 28.7. The van der Waals surface area contributed by atoms with Gasteiger partial charge in [0.15, 0.2) is 0 Å². The molecule has 4 atom stereocenters. The molecule has 0 bridgehead atoms. The lowest BCUT2D eigenvalue weighted by molar-refractivity contribution is -0.176. The third-order valence-electron chi connectivity index (χ3n) is 12.8. The van der Waals surface area contributed by atoms with Gasteiger partial charge in [-0.25, -0.2) is 0 Å². The Morgan fingerprint density at radius 1 is 0.359 bits per heavy atom. The van der Waals surface area contributed by atoms with Crippen LogP contribution < -0.4 is 0 Å². The molecule has 12 heteroatoms. The lowest BCUT2D eigenvalue weighted by Gasteiger charge is -2.32. The van der Waals surface area contributed by atoms with Crippen molar-refractivity contribution in [3.05, 3.63) is 0 Å². The molecule has 0 aliphatic heterocycles. The topological polar surface area (TPSA) is 158 Å². The van der Waals surface area contributed by atoms with E-state index in [-0.39, 0.29) is 60.5 Å². The second-order valence-electron chi connectivity index (χ2n) is 18.1. The van der Waals surface area contributed by atoms with Crippen molar-refractivity contribution in [2.45, 2.75) is 270 Å². The molecule has 1 rings (SSSR count). The van der Waals surface area contributed by atoms with Crippen molar-refractivity contribution in [2.75, 3.05) is 14.2 Å². The molecule has 0 N–H and O–H groups in total. The maximum atomic E-state index is 13.9. The first kappa shape index (κ1) is 58.8. The summed E-state index contributed by atoms with van der Waals surface area (Å²) < 4.78 is 34.1. The van der Waals surface area contributed by atoms with Gasteiger partial charge in [0, 0.05) is 25.7 Å². The molecule has 0 saturated heterocycles. The standard InChI is InChI=1S/C52H92O12/c1-7-11-13-15-19-25-31-43(61-47(53)9-3)46(34-28-22-18-24-30-36-50(56)60-6)64-52(58)42-39-37-41(38-40-42)51(57)63-45(33-27-20-16-14-12-8-2)44(62-48(54)10-4)32-26-21-17-23-29-35-49(55)59-5/h41-46H,7-40H2,1-6H3. The molecule has 0 radical (unpaired) electrons. The van der Waals surface area contributed by atoms with Crippen LogP contribution in [0.15, 0.2) is 0 Å². The van der Waals surface area contributed by atoms with Gasteiger partial charge < -0.3 is 28.4 Å².